The van der Waals surface area contributed by atoms with E-state index in [9.17, 15) is 4.39 Å². The molecule has 1 atom stereocenters. The molecule has 0 saturated heterocycles. The number of thiazole rings is 1. The Morgan fingerprint density at radius 1 is 1.37 bits per heavy atom. The second-order valence-corrected chi connectivity index (χ2v) is 7.04. The van der Waals surface area contributed by atoms with Gasteiger partial charge in [-0.15, -0.1) is 35.3 Å². The summed E-state index contributed by atoms with van der Waals surface area (Å²) in [6.07, 6.45) is 3.77. The number of benzene rings is 1. The summed E-state index contributed by atoms with van der Waals surface area (Å²) in [6.45, 7) is 7.53. The Balaban J connectivity index is 0.00000364. The predicted octanol–water partition coefficient (Wildman–Crippen LogP) is 4.33. The number of hydrogen-bond acceptors (Lipinski definition) is 4. The van der Waals surface area contributed by atoms with Gasteiger partial charge in [-0.1, -0.05) is 13.0 Å². The van der Waals surface area contributed by atoms with Crippen LogP contribution in [0.3, 0.4) is 0 Å². The molecule has 2 N–H and O–H groups in total. The maximum absolute atomic E-state index is 13.9. The van der Waals surface area contributed by atoms with Crippen LogP contribution >= 0.6 is 35.3 Å². The largest absolute Gasteiger partial charge is 0.494 e. The van der Waals surface area contributed by atoms with Crippen LogP contribution in [-0.2, 0) is 12.8 Å². The Kier molecular flexibility index (Phi) is 10.6. The first-order chi connectivity index (χ1) is 12.6. The standard InChI is InChI=1S/C19H27FN4OS.HI/c1-5-15-12-23-18(26-15)9-10-22-19(21-6-2)24-13(3)14-7-8-17(25-4)16(20)11-14;/h7-8,11-13H,5-6,9-10H2,1-4H3,(H2,21,22,24);1H. The van der Waals surface area contributed by atoms with Crippen LogP contribution in [0.25, 0.3) is 0 Å². The Morgan fingerprint density at radius 3 is 2.74 bits per heavy atom. The minimum absolute atomic E-state index is 0. The normalized spacial score (nSPS) is 12.3. The van der Waals surface area contributed by atoms with Gasteiger partial charge in [0, 0.05) is 30.6 Å². The smallest absolute Gasteiger partial charge is 0.191 e. The molecule has 5 nitrogen and oxygen atoms in total. The quantitative estimate of drug-likeness (QED) is 0.318. The number of ether oxygens (including phenoxy) is 1. The van der Waals surface area contributed by atoms with Crippen molar-refractivity contribution in [2.75, 3.05) is 20.2 Å². The lowest BCUT2D eigenvalue weighted by Crippen LogP contribution is -2.38. The molecule has 1 unspecified atom stereocenters. The molecule has 0 aliphatic carbocycles. The molecule has 0 aliphatic heterocycles. The fraction of sp³-hybridized carbons (Fsp3) is 0.474. The topological polar surface area (TPSA) is 58.5 Å². The molecule has 0 amide bonds. The van der Waals surface area contributed by atoms with E-state index in [4.69, 9.17) is 4.74 Å². The van der Waals surface area contributed by atoms with Gasteiger partial charge >= 0.3 is 0 Å². The number of aryl methyl sites for hydroxylation is 1. The summed E-state index contributed by atoms with van der Waals surface area (Å²) in [4.78, 5) is 10.3. The van der Waals surface area contributed by atoms with Crippen LogP contribution in [0.1, 0.15) is 42.3 Å². The van der Waals surface area contributed by atoms with Crippen LogP contribution in [0.15, 0.2) is 29.4 Å². The Hall–Kier alpha value is -1.42. The van der Waals surface area contributed by atoms with E-state index < -0.39 is 0 Å². The predicted molar refractivity (Wildman–Crippen MR) is 121 cm³/mol. The van der Waals surface area contributed by atoms with Crippen LogP contribution < -0.4 is 15.4 Å². The van der Waals surface area contributed by atoms with E-state index in [-0.39, 0.29) is 41.6 Å². The molecule has 27 heavy (non-hydrogen) atoms. The molecule has 1 heterocycles. The van der Waals surface area contributed by atoms with Crippen molar-refractivity contribution in [3.8, 4) is 5.75 Å². The first-order valence-electron chi connectivity index (χ1n) is 8.89. The number of methoxy groups -OCH3 is 1. The van der Waals surface area contributed by atoms with Gasteiger partial charge in [-0.3, -0.25) is 4.99 Å². The van der Waals surface area contributed by atoms with E-state index >= 15 is 0 Å². The zero-order valence-corrected chi connectivity index (χ0v) is 19.4. The Bertz CT molecular complexity index is 738. The molecule has 8 heteroatoms. The van der Waals surface area contributed by atoms with Crippen molar-refractivity contribution in [2.24, 2.45) is 4.99 Å². The van der Waals surface area contributed by atoms with Crippen molar-refractivity contribution in [2.45, 2.75) is 39.7 Å². The number of aromatic nitrogens is 1. The van der Waals surface area contributed by atoms with E-state index in [0.29, 0.717) is 12.5 Å². The minimum Gasteiger partial charge on any atom is -0.494 e. The van der Waals surface area contributed by atoms with Crippen molar-refractivity contribution >= 4 is 41.3 Å². The van der Waals surface area contributed by atoms with Crippen molar-refractivity contribution in [3.63, 3.8) is 0 Å². The first-order valence-corrected chi connectivity index (χ1v) is 9.70. The van der Waals surface area contributed by atoms with E-state index in [2.05, 4.69) is 27.5 Å². The fourth-order valence-electron chi connectivity index (χ4n) is 2.45. The highest BCUT2D eigenvalue weighted by molar-refractivity contribution is 14.0. The zero-order chi connectivity index (χ0) is 18.9. The molecule has 0 aliphatic rings. The van der Waals surface area contributed by atoms with Gasteiger partial charge < -0.3 is 15.4 Å². The van der Waals surface area contributed by atoms with Crippen LogP contribution in [0.2, 0.25) is 0 Å². The monoisotopic (exact) mass is 506 g/mol. The summed E-state index contributed by atoms with van der Waals surface area (Å²) in [5, 5.41) is 7.65. The second kappa shape index (κ2) is 12.1. The minimum atomic E-state index is -0.365. The molecular weight excluding hydrogens is 478 g/mol. The summed E-state index contributed by atoms with van der Waals surface area (Å²) in [6, 6.07) is 4.90. The van der Waals surface area contributed by atoms with Crippen molar-refractivity contribution in [1.29, 1.82) is 0 Å². The number of hydrogen-bond donors (Lipinski definition) is 2. The molecule has 2 rings (SSSR count). The van der Waals surface area contributed by atoms with Gasteiger partial charge in [0.2, 0.25) is 0 Å². The van der Waals surface area contributed by atoms with E-state index in [1.165, 1.54) is 18.1 Å². The molecule has 1 aromatic carbocycles. The van der Waals surface area contributed by atoms with Crippen LogP contribution in [0.5, 0.6) is 5.75 Å². The number of nitrogens with zero attached hydrogens (tertiary/aromatic N) is 2. The highest BCUT2D eigenvalue weighted by Gasteiger charge is 2.11. The lowest BCUT2D eigenvalue weighted by atomic mass is 10.1. The summed E-state index contributed by atoms with van der Waals surface area (Å²) < 4.78 is 18.9. The molecule has 0 saturated carbocycles. The Morgan fingerprint density at radius 2 is 2.15 bits per heavy atom. The average molecular weight is 506 g/mol. The van der Waals surface area contributed by atoms with Crippen LogP contribution in [0.4, 0.5) is 4.39 Å². The molecule has 0 bridgehead atoms. The molecule has 2 aromatic rings. The summed E-state index contributed by atoms with van der Waals surface area (Å²) in [5.74, 6) is 0.594. The molecule has 150 valence electrons. The van der Waals surface area contributed by atoms with E-state index in [1.54, 1.807) is 17.4 Å². The molecule has 0 fully saturated rings. The van der Waals surface area contributed by atoms with Gasteiger partial charge in [0.1, 0.15) is 0 Å². The van der Waals surface area contributed by atoms with Crippen molar-refractivity contribution in [3.05, 3.63) is 45.7 Å². The van der Waals surface area contributed by atoms with Gasteiger partial charge in [-0.05, 0) is 38.0 Å². The summed E-state index contributed by atoms with van der Waals surface area (Å²) in [5.41, 5.74) is 0.835. The molecular formula is C19H28FIN4OS. The van der Waals surface area contributed by atoms with Crippen molar-refractivity contribution in [1.82, 2.24) is 15.6 Å². The SMILES string of the molecule is CCNC(=NCCc1ncc(CC)s1)NC(C)c1ccc(OC)c(F)c1.I. The third-order valence-electron chi connectivity index (χ3n) is 3.92. The lowest BCUT2D eigenvalue weighted by molar-refractivity contribution is 0.386. The zero-order valence-electron chi connectivity index (χ0n) is 16.2. The van der Waals surface area contributed by atoms with Gasteiger partial charge in [0.15, 0.2) is 17.5 Å². The van der Waals surface area contributed by atoms with Gasteiger partial charge in [0.05, 0.1) is 18.2 Å². The fourth-order valence-corrected chi connectivity index (χ4v) is 3.30. The number of aliphatic imine (C=N–C) groups is 1. The number of halogens is 2. The highest BCUT2D eigenvalue weighted by atomic mass is 127. The third kappa shape index (κ3) is 7.25. The highest BCUT2D eigenvalue weighted by Crippen LogP contribution is 2.21. The van der Waals surface area contributed by atoms with Crippen molar-refractivity contribution < 1.29 is 9.13 Å². The number of guanidine groups is 1. The molecule has 0 spiro atoms. The van der Waals surface area contributed by atoms with E-state index in [0.717, 1.165) is 30.0 Å². The summed E-state index contributed by atoms with van der Waals surface area (Å²) in [7, 11) is 1.46. The van der Waals surface area contributed by atoms with Gasteiger partial charge in [-0.2, -0.15) is 0 Å². The van der Waals surface area contributed by atoms with E-state index in [1.807, 2.05) is 26.1 Å². The maximum Gasteiger partial charge on any atom is 0.191 e. The third-order valence-corrected chi connectivity index (χ3v) is 5.12. The average Bonchev–Trinajstić information content (AvgIpc) is 3.09. The first kappa shape index (κ1) is 23.6. The second-order valence-electron chi connectivity index (χ2n) is 5.84. The number of nitrogens with one attached hydrogen (secondary N) is 2. The maximum atomic E-state index is 13.9. The van der Waals surface area contributed by atoms with Crippen LogP contribution in [-0.4, -0.2) is 31.1 Å². The molecule has 1 aromatic heterocycles. The van der Waals surface area contributed by atoms with Gasteiger partial charge in [-0.25, -0.2) is 9.37 Å². The number of rotatable bonds is 8. The Labute approximate surface area is 181 Å². The lowest BCUT2D eigenvalue weighted by Gasteiger charge is -2.18. The molecule has 0 radical (unpaired) electrons. The van der Waals surface area contributed by atoms with Crippen LogP contribution in [0, 0.1) is 5.82 Å². The van der Waals surface area contributed by atoms with Gasteiger partial charge in [0.25, 0.3) is 0 Å². The summed E-state index contributed by atoms with van der Waals surface area (Å²) >= 11 is 1.74.